The molecule has 0 aromatic carbocycles. The van der Waals surface area contributed by atoms with E-state index in [9.17, 15) is 8.42 Å². The van der Waals surface area contributed by atoms with Gasteiger partial charge in [0, 0.05) is 25.3 Å². The minimum absolute atomic E-state index is 0.0867. The third-order valence-electron chi connectivity index (χ3n) is 2.08. The van der Waals surface area contributed by atoms with Gasteiger partial charge in [0.05, 0.1) is 12.8 Å². The maximum absolute atomic E-state index is 11.8. The van der Waals surface area contributed by atoms with Crippen molar-refractivity contribution >= 4 is 10.0 Å². The molecule has 3 N–H and O–H groups in total. The van der Waals surface area contributed by atoms with E-state index in [2.05, 4.69) is 14.9 Å². The zero-order chi connectivity index (χ0) is 12.7. The lowest BCUT2D eigenvalue weighted by Gasteiger charge is -2.06. The quantitative estimate of drug-likeness (QED) is 0.554. The zero-order valence-electron chi connectivity index (χ0n) is 9.64. The minimum Gasteiger partial charge on any atom is -0.392 e. The lowest BCUT2D eigenvalue weighted by molar-refractivity contribution is 0.146. The van der Waals surface area contributed by atoms with E-state index in [1.165, 1.54) is 6.20 Å². The molecule has 1 heterocycles. The SMILES string of the molecule is CCOCCCNS(=O)(=O)c1[nH]ncc1CO. The molecule has 0 spiro atoms. The summed E-state index contributed by atoms with van der Waals surface area (Å²) in [6.45, 7) is 2.91. The second kappa shape index (κ2) is 6.70. The molecule has 1 rings (SSSR count). The number of H-pyrrole nitrogens is 1. The largest absolute Gasteiger partial charge is 0.392 e. The molecule has 0 aliphatic heterocycles. The predicted octanol–water partition coefficient (Wildman–Crippen LogP) is -0.393. The van der Waals surface area contributed by atoms with E-state index in [0.717, 1.165) is 0 Å². The van der Waals surface area contributed by atoms with Gasteiger partial charge in [-0.3, -0.25) is 5.10 Å². The van der Waals surface area contributed by atoms with Gasteiger partial charge in [0.2, 0.25) is 0 Å². The third-order valence-corrected chi connectivity index (χ3v) is 3.55. The Hall–Kier alpha value is -0.960. The summed E-state index contributed by atoms with van der Waals surface area (Å²) in [7, 11) is -3.63. The fraction of sp³-hybridized carbons (Fsp3) is 0.667. The van der Waals surface area contributed by atoms with Crippen LogP contribution in [0.25, 0.3) is 0 Å². The predicted molar refractivity (Wildman–Crippen MR) is 60.8 cm³/mol. The first kappa shape index (κ1) is 14.1. The molecule has 0 atom stereocenters. The Labute approximate surface area is 100 Å². The fourth-order valence-electron chi connectivity index (χ4n) is 1.24. The summed E-state index contributed by atoms with van der Waals surface area (Å²) in [5.74, 6) is 0. The Morgan fingerprint density at radius 3 is 3.00 bits per heavy atom. The Morgan fingerprint density at radius 2 is 2.35 bits per heavy atom. The number of hydrogen-bond donors (Lipinski definition) is 3. The minimum atomic E-state index is -3.63. The number of nitrogens with one attached hydrogen (secondary N) is 2. The highest BCUT2D eigenvalue weighted by molar-refractivity contribution is 7.89. The van der Waals surface area contributed by atoms with Crippen LogP contribution in [0.5, 0.6) is 0 Å². The standard InChI is InChI=1S/C9H17N3O4S/c1-2-16-5-3-4-11-17(14,15)9-8(7-13)6-10-12-9/h6,11,13H,2-5,7H2,1H3,(H,10,12). The van der Waals surface area contributed by atoms with E-state index in [-0.39, 0.29) is 23.7 Å². The van der Waals surface area contributed by atoms with Gasteiger partial charge in [0.1, 0.15) is 0 Å². The molecule has 0 saturated carbocycles. The van der Waals surface area contributed by atoms with E-state index in [4.69, 9.17) is 9.84 Å². The summed E-state index contributed by atoms with van der Waals surface area (Å²) in [5.41, 5.74) is 0.252. The molecule has 0 saturated heterocycles. The van der Waals surface area contributed by atoms with Crippen LogP contribution >= 0.6 is 0 Å². The Balaban J connectivity index is 2.51. The molecule has 8 heteroatoms. The summed E-state index contributed by atoms with van der Waals surface area (Å²) < 4.78 is 31.0. The van der Waals surface area contributed by atoms with Gasteiger partial charge in [-0.1, -0.05) is 0 Å². The summed E-state index contributed by atoms with van der Waals surface area (Å²) in [6.07, 6.45) is 1.88. The van der Waals surface area contributed by atoms with Crippen LogP contribution in [0.3, 0.4) is 0 Å². The molecule has 0 unspecified atom stereocenters. The molecule has 1 aromatic rings. The van der Waals surface area contributed by atoms with Crippen LogP contribution in [-0.4, -0.2) is 43.5 Å². The molecule has 0 amide bonds. The zero-order valence-corrected chi connectivity index (χ0v) is 10.5. The Kier molecular flexibility index (Phi) is 5.56. The molecule has 0 aliphatic carbocycles. The van der Waals surface area contributed by atoms with Crippen molar-refractivity contribution in [1.29, 1.82) is 0 Å². The van der Waals surface area contributed by atoms with Gasteiger partial charge in [-0.25, -0.2) is 13.1 Å². The van der Waals surface area contributed by atoms with Crippen molar-refractivity contribution in [1.82, 2.24) is 14.9 Å². The molecule has 98 valence electrons. The van der Waals surface area contributed by atoms with Gasteiger partial charge in [0.15, 0.2) is 5.03 Å². The highest BCUT2D eigenvalue weighted by atomic mass is 32.2. The highest BCUT2D eigenvalue weighted by Gasteiger charge is 2.19. The first-order valence-corrected chi connectivity index (χ1v) is 6.80. The number of rotatable bonds is 8. The number of ether oxygens (including phenoxy) is 1. The van der Waals surface area contributed by atoms with Crippen molar-refractivity contribution in [3.05, 3.63) is 11.8 Å². The molecule has 0 fully saturated rings. The number of aromatic amines is 1. The van der Waals surface area contributed by atoms with Gasteiger partial charge in [-0.15, -0.1) is 0 Å². The van der Waals surface area contributed by atoms with Crippen molar-refractivity contribution in [3.8, 4) is 0 Å². The van der Waals surface area contributed by atoms with Crippen LogP contribution in [0.2, 0.25) is 0 Å². The van der Waals surface area contributed by atoms with Crippen LogP contribution in [0.4, 0.5) is 0 Å². The molecular weight excluding hydrogens is 246 g/mol. The van der Waals surface area contributed by atoms with E-state index in [1.54, 1.807) is 0 Å². The molecule has 7 nitrogen and oxygen atoms in total. The molecule has 0 radical (unpaired) electrons. The average Bonchev–Trinajstić information content (AvgIpc) is 2.77. The van der Waals surface area contributed by atoms with E-state index in [1.807, 2.05) is 6.92 Å². The number of sulfonamides is 1. The number of nitrogens with zero attached hydrogens (tertiary/aromatic N) is 1. The van der Waals surface area contributed by atoms with Gasteiger partial charge in [-0.2, -0.15) is 5.10 Å². The summed E-state index contributed by atoms with van der Waals surface area (Å²) in [4.78, 5) is 0. The molecule has 1 aromatic heterocycles. The molecule has 0 bridgehead atoms. The van der Waals surface area contributed by atoms with Gasteiger partial charge < -0.3 is 9.84 Å². The summed E-state index contributed by atoms with van der Waals surface area (Å²) in [5, 5.41) is 14.8. The van der Waals surface area contributed by atoms with Gasteiger partial charge >= 0.3 is 0 Å². The number of aliphatic hydroxyl groups excluding tert-OH is 1. The Bertz CT molecular complexity index is 429. The van der Waals surface area contributed by atoms with Crippen LogP contribution in [0.15, 0.2) is 11.2 Å². The second-order valence-corrected chi connectivity index (χ2v) is 5.03. The van der Waals surface area contributed by atoms with Gasteiger partial charge in [-0.05, 0) is 13.3 Å². The normalized spacial score (nSPS) is 11.9. The lowest BCUT2D eigenvalue weighted by Crippen LogP contribution is -2.26. The first-order chi connectivity index (χ1) is 8.11. The van der Waals surface area contributed by atoms with Crippen molar-refractivity contribution in [3.63, 3.8) is 0 Å². The second-order valence-electron chi connectivity index (χ2n) is 3.33. The van der Waals surface area contributed by atoms with E-state index >= 15 is 0 Å². The number of aromatic nitrogens is 2. The number of hydrogen-bond acceptors (Lipinski definition) is 5. The van der Waals surface area contributed by atoms with Crippen molar-refractivity contribution in [2.45, 2.75) is 25.0 Å². The summed E-state index contributed by atoms with van der Waals surface area (Å²) >= 11 is 0. The van der Waals surface area contributed by atoms with Crippen molar-refractivity contribution in [2.75, 3.05) is 19.8 Å². The molecule has 17 heavy (non-hydrogen) atoms. The third kappa shape index (κ3) is 4.08. The number of aliphatic hydroxyl groups is 1. The molecule has 0 aliphatic rings. The maximum atomic E-state index is 11.8. The van der Waals surface area contributed by atoms with Crippen molar-refractivity contribution in [2.24, 2.45) is 0 Å². The smallest absolute Gasteiger partial charge is 0.257 e. The van der Waals surface area contributed by atoms with Gasteiger partial charge in [0.25, 0.3) is 10.0 Å². The van der Waals surface area contributed by atoms with Crippen LogP contribution in [0, 0.1) is 0 Å². The average molecular weight is 263 g/mol. The summed E-state index contributed by atoms with van der Waals surface area (Å²) in [6, 6.07) is 0. The maximum Gasteiger partial charge on any atom is 0.257 e. The van der Waals surface area contributed by atoms with E-state index < -0.39 is 10.0 Å². The topological polar surface area (TPSA) is 104 Å². The monoisotopic (exact) mass is 263 g/mol. The van der Waals surface area contributed by atoms with E-state index in [0.29, 0.717) is 19.6 Å². The first-order valence-electron chi connectivity index (χ1n) is 5.32. The van der Waals surface area contributed by atoms with Crippen molar-refractivity contribution < 1.29 is 18.3 Å². The molecular formula is C9H17N3O4S. The Morgan fingerprint density at radius 1 is 1.59 bits per heavy atom. The fourth-order valence-corrected chi connectivity index (χ4v) is 2.43. The van der Waals surface area contributed by atoms with Crippen LogP contribution in [-0.2, 0) is 21.4 Å². The highest BCUT2D eigenvalue weighted by Crippen LogP contribution is 2.10. The van der Waals surface area contributed by atoms with Crippen LogP contribution in [0.1, 0.15) is 18.9 Å². The van der Waals surface area contributed by atoms with Crippen LogP contribution < -0.4 is 4.72 Å². The lowest BCUT2D eigenvalue weighted by atomic mass is 10.4.